The van der Waals surface area contributed by atoms with Gasteiger partial charge in [0, 0.05) is 13.1 Å². The molecule has 0 saturated heterocycles. The third-order valence-electron chi connectivity index (χ3n) is 2.43. The fraction of sp³-hybridized carbons (Fsp3) is 0.818. The molecular formula is C11H22N4. The Morgan fingerprint density at radius 1 is 1.20 bits per heavy atom. The van der Waals surface area contributed by atoms with Gasteiger partial charge in [0.1, 0.15) is 0 Å². The van der Waals surface area contributed by atoms with Gasteiger partial charge >= 0.3 is 0 Å². The molecular weight excluding hydrogens is 188 g/mol. The molecule has 4 nitrogen and oxygen atoms in total. The van der Waals surface area contributed by atoms with Crippen molar-refractivity contribution < 1.29 is 0 Å². The SMILES string of the molecule is CCCCN(CCCC)n1cc(C)nn1. The summed E-state index contributed by atoms with van der Waals surface area (Å²) in [5.74, 6) is 0. The summed E-state index contributed by atoms with van der Waals surface area (Å²) in [5.41, 5.74) is 0.980. The molecule has 1 aromatic heterocycles. The van der Waals surface area contributed by atoms with Crippen molar-refractivity contribution in [2.75, 3.05) is 18.1 Å². The maximum atomic E-state index is 4.11. The molecule has 86 valence electrons. The summed E-state index contributed by atoms with van der Waals surface area (Å²) < 4.78 is 0. The molecule has 0 aliphatic carbocycles. The van der Waals surface area contributed by atoms with Gasteiger partial charge in [-0.1, -0.05) is 26.7 Å². The Hall–Kier alpha value is -1.06. The highest BCUT2D eigenvalue weighted by molar-refractivity contribution is 4.92. The van der Waals surface area contributed by atoms with E-state index in [4.69, 9.17) is 0 Å². The zero-order valence-electron chi connectivity index (χ0n) is 10.1. The van der Waals surface area contributed by atoms with Crippen molar-refractivity contribution in [1.29, 1.82) is 0 Å². The lowest BCUT2D eigenvalue weighted by Crippen LogP contribution is -2.36. The summed E-state index contributed by atoms with van der Waals surface area (Å²) in [7, 11) is 0. The van der Waals surface area contributed by atoms with Crippen LogP contribution >= 0.6 is 0 Å². The van der Waals surface area contributed by atoms with Gasteiger partial charge in [-0.05, 0) is 25.0 Å². The second-order valence-electron chi connectivity index (χ2n) is 3.94. The molecule has 0 aromatic carbocycles. The van der Waals surface area contributed by atoms with Crippen molar-refractivity contribution in [2.45, 2.75) is 46.5 Å². The Morgan fingerprint density at radius 2 is 1.80 bits per heavy atom. The summed E-state index contributed by atoms with van der Waals surface area (Å²) in [5, 5.41) is 10.4. The van der Waals surface area contributed by atoms with Gasteiger partial charge in [0.25, 0.3) is 0 Å². The van der Waals surface area contributed by atoms with E-state index in [2.05, 4.69) is 29.2 Å². The third kappa shape index (κ3) is 3.90. The molecule has 0 atom stereocenters. The standard InChI is InChI=1S/C11H22N4/c1-4-6-8-14(9-7-5-2)15-10-11(3)12-13-15/h10H,4-9H2,1-3H3. The lowest BCUT2D eigenvalue weighted by Gasteiger charge is -2.23. The highest BCUT2D eigenvalue weighted by Gasteiger charge is 2.05. The lowest BCUT2D eigenvalue weighted by molar-refractivity contribution is 0.489. The molecule has 1 rings (SSSR count). The molecule has 0 unspecified atom stereocenters. The van der Waals surface area contributed by atoms with Crippen LogP contribution < -0.4 is 5.01 Å². The molecule has 0 saturated carbocycles. The molecule has 0 N–H and O–H groups in total. The van der Waals surface area contributed by atoms with E-state index < -0.39 is 0 Å². The summed E-state index contributed by atoms with van der Waals surface area (Å²) in [6.45, 7) is 8.54. The summed E-state index contributed by atoms with van der Waals surface area (Å²) >= 11 is 0. The van der Waals surface area contributed by atoms with E-state index in [9.17, 15) is 0 Å². The van der Waals surface area contributed by atoms with Crippen molar-refractivity contribution in [1.82, 2.24) is 15.1 Å². The van der Waals surface area contributed by atoms with Gasteiger partial charge in [-0.15, -0.1) is 5.10 Å². The average Bonchev–Trinajstić information content (AvgIpc) is 2.65. The Kier molecular flexibility index (Phi) is 5.15. The largest absolute Gasteiger partial charge is 0.296 e. The Balaban J connectivity index is 2.54. The van der Waals surface area contributed by atoms with Crippen LogP contribution in [-0.4, -0.2) is 28.2 Å². The third-order valence-corrected chi connectivity index (χ3v) is 2.43. The summed E-state index contributed by atoms with van der Waals surface area (Å²) in [6, 6.07) is 0. The molecule has 0 amide bonds. The molecule has 0 fully saturated rings. The van der Waals surface area contributed by atoms with Crippen LogP contribution in [0, 0.1) is 6.92 Å². The molecule has 0 aliphatic heterocycles. The first-order valence-corrected chi connectivity index (χ1v) is 5.92. The molecule has 1 aromatic rings. The summed E-state index contributed by atoms with van der Waals surface area (Å²) in [6.07, 6.45) is 6.85. The van der Waals surface area contributed by atoms with E-state index >= 15 is 0 Å². The second kappa shape index (κ2) is 6.43. The molecule has 0 bridgehead atoms. The van der Waals surface area contributed by atoms with Crippen LogP contribution in [-0.2, 0) is 0 Å². The van der Waals surface area contributed by atoms with Crippen LogP contribution in [0.25, 0.3) is 0 Å². The van der Waals surface area contributed by atoms with Gasteiger partial charge in [0.2, 0.25) is 0 Å². The fourth-order valence-electron chi connectivity index (χ4n) is 1.47. The predicted octanol–water partition coefficient (Wildman–Crippen LogP) is 2.12. The topological polar surface area (TPSA) is 34.0 Å². The summed E-state index contributed by atoms with van der Waals surface area (Å²) in [4.78, 5) is 1.89. The second-order valence-corrected chi connectivity index (χ2v) is 3.94. The molecule has 0 radical (unpaired) electrons. The number of nitrogens with zero attached hydrogens (tertiary/aromatic N) is 4. The first-order valence-electron chi connectivity index (χ1n) is 5.92. The van der Waals surface area contributed by atoms with Crippen LogP contribution in [0.1, 0.15) is 45.2 Å². The molecule has 15 heavy (non-hydrogen) atoms. The van der Waals surface area contributed by atoms with Gasteiger partial charge < -0.3 is 0 Å². The zero-order valence-corrected chi connectivity index (χ0v) is 10.1. The van der Waals surface area contributed by atoms with Crippen LogP contribution in [0.4, 0.5) is 0 Å². The Labute approximate surface area is 92.2 Å². The van der Waals surface area contributed by atoms with E-state index in [1.54, 1.807) is 0 Å². The van der Waals surface area contributed by atoms with Gasteiger partial charge in [-0.2, -0.15) is 4.79 Å². The average molecular weight is 210 g/mol. The minimum atomic E-state index is 0.980. The van der Waals surface area contributed by atoms with Gasteiger partial charge in [-0.25, -0.2) is 0 Å². The van der Waals surface area contributed by atoms with E-state index in [0.29, 0.717) is 0 Å². The Bertz CT molecular complexity index is 261. The quantitative estimate of drug-likeness (QED) is 0.691. The van der Waals surface area contributed by atoms with Crippen molar-refractivity contribution >= 4 is 0 Å². The van der Waals surface area contributed by atoms with Crippen LogP contribution in [0.3, 0.4) is 0 Å². The lowest BCUT2D eigenvalue weighted by atomic mass is 10.3. The predicted molar refractivity (Wildman–Crippen MR) is 62.5 cm³/mol. The number of hydrogen-bond donors (Lipinski definition) is 0. The number of rotatable bonds is 7. The first kappa shape index (κ1) is 12.0. The van der Waals surface area contributed by atoms with Crippen molar-refractivity contribution in [2.24, 2.45) is 0 Å². The van der Waals surface area contributed by atoms with Crippen LogP contribution in [0.5, 0.6) is 0 Å². The molecule has 0 spiro atoms. The number of aryl methyl sites for hydroxylation is 1. The first-order chi connectivity index (χ1) is 7.27. The fourth-order valence-corrected chi connectivity index (χ4v) is 1.47. The highest BCUT2D eigenvalue weighted by Crippen LogP contribution is 1.99. The van der Waals surface area contributed by atoms with Crippen molar-refractivity contribution in [3.05, 3.63) is 11.9 Å². The number of unbranched alkanes of at least 4 members (excludes halogenated alkanes) is 2. The van der Waals surface area contributed by atoms with Crippen molar-refractivity contribution in [3.8, 4) is 0 Å². The number of hydrogen-bond acceptors (Lipinski definition) is 3. The van der Waals surface area contributed by atoms with E-state index in [0.717, 1.165) is 18.8 Å². The van der Waals surface area contributed by atoms with E-state index in [1.807, 2.05) is 17.9 Å². The van der Waals surface area contributed by atoms with Gasteiger partial charge in [-0.3, -0.25) is 5.01 Å². The highest BCUT2D eigenvalue weighted by atomic mass is 15.7. The number of aromatic nitrogens is 3. The van der Waals surface area contributed by atoms with Crippen LogP contribution in [0.2, 0.25) is 0 Å². The Morgan fingerprint density at radius 3 is 2.20 bits per heavy atom. The van der Waals surface area contributed by atoms with Gasteiger partial charge in [0.15, 0.2) is 0 Å². The normalized spacial score (nSPS) is 10.6. The molecule has 0 aliphatic rings. The smallest absolute Gasteiger partial charge is 0.0818 e. The van der Waals surface area contributed by atoms with E-state index in [1.165, 1.54) is 25.7 Å². The maximum Gasteiger partial charge on any atom is 0.0818 e. The minimum Gasteiger partial charge on any atom is -0.296 e. The minimum absolute atomic E-state index is 0.980. The van der Waals surface area contributed by atoms with Gasteiger partial charge in [0.05, 0.1) is 11.9 Å². The zero-order chi connectivity index (χ0) is 11.1. The monoisotopic (exact) mass is 210 g/mol. The van der Waals surface area contributed by atoms with E-state index in [-0.39, 0.29) is 0 Å². The molecule has 1 heterocycles. The molecule has 4 heteroatoms. The van der Waals surface area contributed by atoms with Crippen molar-refractivity contribution in [3.63, 3.8) is 0 Å². The maximum absolute atomic E-state index is 4.11. The van der Waals surface area contributed by atoms with Crippen LogP contribution in [0.15, 0.2) is 6.20 Å².